The average molecular weight is 268 g/mol. The monoisotopic (exact) mass is 268 g/mol. The van der Waals surface area contributed by atoms with Crippen molar-refractivity contribution in [3.63, 3.8) is 0 Å². The second-order valence-electron chi connectivity index (χ2n) is 6.46. The predicted octanol–water partition coefficient (Wildman–Crippen LogP) is 2.83. The molecule has 2 nitrogen and oxygen atoms in total. The van der Waals surface area contributed by atoms with Crippen LogP contribution in [-0.2, 0) is 0 Å². The summed E-state index contributed by atoms with van der Waals surface area (Å²) in [5.41, 5.74) is 0. The summed E-state index contributed by atoms with van der Waals surface area (Å²) in [5.74, 6) is 0. The second-order valence-corrected chi connectivity index (χ2v) is 7.54. The number of piperazine rings is 1. The molecule has 0 aromatic heterocycles. The number of fused-ring (bicyclic) bond motifs is 1. The van der Waals surface area contributed by atoms with E-state index in [-0.39, 0.29) is 0 Å². The van der Waals surface area contributed by atoms with Crippen molar-refractivity contribution >= 4 is 11.8 Å². The van der Waals surface area contributed by atoms with Crippen LogP contribution in [-0.4, -0.2) is 59.1 Å². The molecule has 4 atom stereocenters. The lowest BCUT2D eigenvalue weighted by atomic mass is 9.91. The highest BCUT2D eigenvalue weighted by molar-refractivity contribution is 7.99. The Kier molecular flexibility index (Phi) is 4.21. The van der Waals surface area contributed by atoms with Crippen molar-refractivity contribution < 1.29 is 0 Å². The number of rotatable bonds is 2. The van der Waals surface area contributed by atoms with E-state index >= 15 is 0 Å². The van der Waals surface area contributed by atoms with E-state index < -0.39 is 0 Å². The Morgan fingerprint density at radius 3 is 2.67 bits per heavy atom. The van der Waals surface area contributed by atoms with Gasteiger partial charge in [0, 0.05) is 36.5 Å². The zero-order chi connectivity index (χ0) is 12.5. The van der Waals surface area contributed by atoms with Crippen LogP contribution < -0.4 is 0 Å². The van der Waals surface area contributed by atoms with E-state index in [4.69, 9.17) is 0 Å². The summed E-state index contributed by atoms with van der Waals surface area (Å²) in [6, 6.07) is 2.52. The minimum Gasteiger partial charge on any atom is -0.298 e. The standard InChI is InChI=1S/C15H28N2S/c1-12-10-16-9-5-6-13(16)11-17(12)14-7-3-4-8-15(14)18-2/h12-15H,3-11H2,1-2H3. The summed E-state index contributed by atoms with van der Waals surface area (Å²) in [7, 11) is 0. The van der Waals surface area contributed by atoms with Crippen LogP contribution in [0.4, 0.5) is 0 Å². The third kappa shape index (κ3) is 2.46. The molecule has 2 saturated heterocycles. The van der Waals surface area contributed by atoms with E-state index in [2.05, 4.69) is 34.7 Å². The van der Waals surface area contributed by atoms with Gasteiger partial charge in [0.05, 0.1) is 0 Å². The zero-order valence-corrected chi connectivity index (χ0v) is 12.8. The maximum absolute atomic E-state index is 2.88. The molecular formula is C15H28N2S. The molecule has 2 heterocycles. The van der Waals surface area contributed by atoms with Gasteiger partial charge in [0.15, 0.2) is 0 Å². The molecule has 2 aliphatic heterocycles. The summed E-state index contributed by atoms with van der Waals surface area (Å²) in [6.07, 6.45) is 11.0. The van der Waals surface area contributed by atoms with E-state index in [9.17, 15) is 0 Å². The van der Waals surface area contributed by atoms with Gasteiger partial charge in [-0.1, -0.05) is 12.8 Å². The molecule has 0 spiro atoms. The SMILES string of the molecule is CSC1CCCCC1N1CC2CCCN2CC1C. The molecule has 1 saturated carbocycles. The van der Waals surface area contributed by atoms with Crippen molar-refractivity contribution in [3.8, 4) is 0 Å². The van der Waals surface area contributed by atoms with E-state index in [1.807, 2.05) is 0 Å². The molecule has 18 heavy (non-hydrogen) atoms. The third-order valence-corrected chi connectivity index (χ3v) is 6.54. The molecule has 1 aliphatic carbocycles. The van der Waals surface area contributed by atoms with Crippen molar-refractivity contribution in [2.75, 3.05) is 25.9 Å². The molecule has 0 N–H and O–H groups in total. The molecule has 3 heteroatoms. The van der Waals surface area contributed by atoms with Crippen molar-refractivity contribution in [1.29, 1.82) is 0 Å². The maximum Gasteiger partial charge on any atom is 0.0224 e. The van der Waals surface area contributed by atoms with Crippen LogP contribution in [0, 0.1) is 0 Å². The highest BCUT2D eigenvalue weighted by atomic mass is 32.2. The summed E-state index contributed by atoms with van der Waals surface area (Å²) in [4.78, 5) is 5.63. The third-order valence-electron chi connectivity index (χ3n) is 5.38. The van der Waals surface area contributed by atoms with Gasteiger partial charge in [-0.25, -0.2) is 0 Å². The Balaban J connectivity index is 1.69. The Labute approximate surface area is 116 Å². The van der Waals surface area contributed by atoms with Crippen molar-refractivity contribution in [3.05, 3.63) is 0 Å². The number of thioether (sulfide) groups is 1. The fourth-order valence-electron chi connectivity index (χ4n) is 4.40. The molecule has 0 amide bonds. The number of hydrogen-bond donors (Lipinski definition) is 0. The maximum atomic E-state index is 2.88. The zero-order valence-electron chi connectivity index (χ0n) is 12.0. The normalized spacial score (nSPS) is 43.0. The first-order valence-corrected chi connectivity index (χ1v) is 9.11. The van der Waals surface area contributed by atoms with E-state index in [0.717, 1.165) is 23.4 Å². The summed E-state index contributed by atoms with van der Waals surface area (Å²) in [6.45, 7) is 6.49. The molecule has 0 bridgehead atoms. The first kappa shape index (κ1) is 13.3. The highest BCUT2D eigenvalue weighted by Crippen LogP contribution is 2.35. The fraction of sp³-hybridized carbons (Fsp3) is 1.00. The Bertz CT molecular complexity index is 284. The van der Waals surface area contributed by atoms with Crippen molar-refractivity contribution in [2.24, 2.45) is 0 Å². The molecule has 104 valence electrons. The quantitative estimate of drug-likeness (QED) is 0.760. The molecule has 0 radical (unpaired) electrons. The summed E-state index contributed by atoms with van der Waals surface area (Å²) in [5, 5.41) is 0.897. The van der Waals surface area contributed by atoms with Gasteiger partial charge in [-0.15, -0.1) is 0 Å². The van der Waals surface area contributed by atoms with Gasteiger partial charge >= 0.3 is 0 Å². The predicted molar refractivity (Wildman–Crippen MR) is 80.3 cm³/mol. The number of hydrogen-bond acceptors (Lipinski definition) is 3. The minimum absolute atomic E-state index is 0.775. The van der Waals surface area contributed by atoms with Crippen LogP contribution >= 0.6 is 11.8 Å². The highest BCUT2D eigenvalue weighted by Gasteiger charge is 2.39. The lowest BCUT2D eigenvalue weighted by molar-refractivity contribution is 0.0185. The van der Waals surface area contributed by atoms with Crippen LogP contribution in [0.2, 0.25) is 0 Å². The summed E-state index contributed by atoms with van der Waals surface area (Å²) < 4.78 is 0. The smallest absolute Gasteiger partial charge is 0.0224 e. The largest absolute Gasteiger partial charge is 0.298 e. The Morgan fingerprint density at radius 1 is 1.00 bits per heavy atom. The van der Waals surface area contributed by atoms with Crippen LogP contribution in [0.5, 0.6) is 0 Å². The topological polar surface area (TPSA) is 6.48 Å². The molecule has 4 unspecified atom stereocenters. The molecule has 3 rings (SSSR count). The van der Waals surface area contributed by atoms with Crippen molar-refractivity contribution in [2.45, 2.75) is 68.8 Å². The first-order chi connectivity index (χ1) is 8.79. The van der Waals surface area contributed by atoms with Crippen LogP contribution in [0.3, 0.4) is 0 Å². The van der Waals surface area contributed by atoms with Gasteiger partial charge in [0.1, 0.15) is 0 Å². The molecular weight excluding hydrogens is 240 g/mol. The Morgan fingerprint density at radius 2 is 1.83 bits per heavy atom. The molecule has 3 aliphatic rings. The Hall–Kier alpha value is 0.270. The van der Waals surface area contributed by atoms with Gasteiger partial charge in [-0.2, -0.15) is 11.8 Å². The van der Waals surface area contributed by atoms with Crippen LogP contribution in [0.15, 0.2) is 0 Å². The van der Waals surface area contributed by atoms with Crippen LogP contribution in [0.25, 0.3) is 0 Å². The van der Waals surface area contributed by atoms with Crippen molar-refractivity contribution in [1.82, 2.24) is 9.80 Å². The van der Waals surface area contributed by atoms with Gasteiger partial charge in [0.25, 0.3) is 0 Å². The first-order valence-electron chi connectivity index (χ1n) is 7.82. The van der Waals surface area contributed by atoms with Gasteiger partial charge in [0.2, 0.25) is 0 Å². The molecule has 0 aromatic rings. The number of nitrogens with zero attached hydrogens (tertiary/aromatic N) is 2. The second kappa shape index (κ2) is 5.72. The van der Waals surface area contributed by atoms with E-state index in [1.165, 1.54) is 58.2 Å². The van der Waals surface area contributed by atoms with Gasteiger partial charge in [-0.05, 0) is 45.4 Å². The molecule has 0 aromatic carbocycles. The molecule has 3 fully saturated rings. The average Bonchev–Trinajstić information content (AvgIpc) is 2.84. The summed E-state index contributed by atoms with van der Waals surface area (Å²) >= 11 is 2.12. The van der Waals surface area contributed by atoms with Crippen LogP contribution in [0.1, 0.15) is 45.4 Å². The van der Waals surface area contributed by atoms with E-state index in [1.54, 1.807) is 0 Å². The fourth-order valence-corrected chi connectivity index (χ4v) is 5.41. The lowest BCUT2D eigenvalue weighted by Crippen LogP contribution is -2.60. The van der Waals surface area contributed by atoms with E-state index in [0.29, 0.717) is 0 Å². The van der Waals surface area contributed by atoms with Gasteiger partial charge in [-0.3, -0.25) is 9.80 Å². The minimum atomic E-state index is 0.775. The lowest BCUT2D eigenvalue weighted by Gasteiger charge is -2.49. The van der Waals surface area contributed by atoms with Gasteiger partial charge < -0.3 is 0 Å².